The number of carbonyl (C=O) groups excluding carboxylic acids is 1. The van der Waals surface area contributed by atoms with E-state index in [9.17, 15) is 9.59 Å². The summed E-state index contributed by atoms with van der Waals surface area (Å²) in [7, 11) is 3.43. The van der Waals surface area contributed by atoms with Crippen LogP contribution in [0.5, 0.6) is 0 Å². The number of benzene rings is 2. The lowest BCUT2D eigenvalue weighted by molar-refractivity contribution is 0.102. The first kappa shape index (κ1) is 16.6. The van der Waals surface area contributed by atoms with Gasteiger partial charge in [-0.25, -0.2) is 4.68 Å². The third kappa shape index (κ3) is 2.97. The van der Waals surface area contributed by atoms with Gasteiger partial charge < -0.3 is 9.88 Å². The number of fused-ring (bicyclic) bond motifs is 1. The van der Waals surface area contributed by atoms with Gasteiger partial charge in [-0.05, 0) is 28.6 Å². The SMILES string of the molecule is Cn1nnnc1-c1cccc(NC(=O)c2cc(=O)n(C)c3ccccc23)c1. The summed E-state index contributed by atoms with van der Waals surface area (Å²) in [5.74, 6) is 0.238. The number of nitrogens with zero attached hydrogens (tertiary/aromatic N) is 5. The molecule has 134 valence electrons. The van der Waals surface area contributed by atoms with E-state index >= 15 is 0 Å². The third-order valence-electron chi connectivity index (χ3n) is 4.40. The average molecular weight is 360 g/mol. The van der Waals surface area contributed by atoms with Gasteiger partial charge >= 0.3 is 0 Å². The van der Waals surface area contributed by atoms with Crippen molar-refractivity contribution < 1.29 is 4.79 Å². The van der Waals surface area contributed by atoms with Gasteiger partial charge in [-0.15, -0.1) is 5.10 Å². The number of aryl methyl sites for hydroxylation is 2. The topological polar surface area (TPSA) is 94.7 Å². The van der Waals surface area contributed by atoms with Gasteiger partial charge in [0.25, 0.3) is 11.5 Å². The zero-order valence-corrected chi connectivity index (χ0v) is 14.7. The molecule has 1 N–H and O–H groups in total. The highest BCUT2D eigenvalue weighted by Crippen LogP contribution is 2.21. The van der Waals surface area contributed by atoms with Crippen molar-refractivity contribution in [2.45, 2.75) is 0 Å². The van der Waals surface area contributed by atoms with Crippen molar-refractivity contribution in [3.8, 4) is 11.4 Å². The van der Waals surface area contributed by atoms with Crippen LogP contribution in [0.15, 0.2) is 59.4 Å². The van der Waals surface area contributed by atoms with Crippen LogP contribution in [0.4, 0.5) is 5.69 Å². The Balaban J connectivity index is 1.72. The van der Waals surface area contributed by atoms with Crippen LogP contribution < -0.4 is 10.9 Å². The van der Waals surface area contributed by atoms with Gasteiger partial charge in [0.05, 0.1) is 11.1 Å². The lowest BCUT2D eigenvalue weighted by Crippen LogP contribution is -2.21. The molecule has 8 heteroatoms. The van der Waals surface area contributed by atoms with Crippen LogP contribution in [-0.4, -0.2) is 30.7 Å². The maximum atomic E-state index is 12.9. The van der Waals surface area contributed by atoms with Crippen LogP contribution in [0.2, 0.25) is 0 Å². The standard InChI is InChI=1S/C19H16N6O2/c1-24-16-9-4-3-8-14(16)15(11-17(24)26)19(27)20-13-7-5-6-12(10-13)18-21-22-23-25(18)2/h3-11H,1-2H3,(H,20,27). The minimum Gasteiger partial charge on any atom is -0.322 e. The molecule has 4 aromatic rings. The van der Waals surface area contributed by atoms with Crippen LogP contribution in [0.25, 0.3) is 22.3 Å². The summed E-state index contributed by atoms with van der Waals surface area (Å²) >= 11 is 0. The Morgan fingerprint density at radius 2 is 1.85 bits per heavy atom. The van der Waals surface area contributed by atoms with Crippen LogP contribution in [0, 0.1) is 0 Å². The highest BCUT2D eigenvalue weighted by molar-refractivity contribution is 6.12. The average Bonchev–Trinajstić information content (AvgIpc) is 3.11. The second-order valence-corrected chi connectivity index (χ2v) is 6.13. The first-order valence-electron chi connectivity index (χ1n) is 8.27. The van der Waals surface area contributed by atoms with E-state index in [4.69, 9.17) is 0 Å². The maximum absolute atomic E-state index is 12.9. The predicted octanol–water partition coefficient (Wildman–Crippen LogP) is 1.98. The molecular formula is C19H16N6O2. The molecule has 8 nitrogen and oxygen atoms in total. The van der Waals surface area contributed by atoms with Crippen molar-refractivity contribution in [1.82, 2.24) is 24.8 Å². The number of anilines is 1. The molecule has 4 rings (SSSR count). The molecule has 0 aliphatic carbocycles. The molecule has 0 aliphatic heterocycles. The number of para-hydroxylation sites is 1. The molecule has 0 radical (unpaired) electrons. The highest BCUT2D eigenvalue weighted by atomic mass is 16.2. The number of rotatable bonds is 3. The lowest BCUT2D eigenvalue weighted by atomic mass is 10.1. The van der Waals surface area contributed by atoms with Gasteiger partial charge in [-0.1, -0.05) is 30.3 Å². The van der Waals surface area contributed by atoms with Crippen LogP contribution in [-0.2, 0) is 14.1 Å². The van der Waals surface area contributed by atoms with E-state index in [1.165, 1.54) is 10.6 Å². The summed E-state index contributed by atoms with van der Waals surface area (Å²) < 4.78 is 3.07. The fraction of sp³-hybridized carbons (Fsp3) is 0.105. The number of hydrogen-bond acceptors (Lipinski definition) is 5. The van der Waals surface area contributed by atoms with Gasteiger partial charge in [-0.3, -0.25) is 9.59 Å². The number of aromatic nitrogens is 5. The Morgan fingerprint density at radius 1 is 1.04 bits per heavy atom. The molecule has 0 saturated carbocycles. The normalized spacial score (nSPS) is 10.9. The Hall–Kier alpha value is -3.81. The molecule has 2 heterocycles. The van der Waals surface area contributed by atoms with Crippen LogP contribution >= 0.6 is 0 Å². The number of amides is 1. The second kappa shape index (κ2) is 6.49. The van der Waals surface area contributed by atoms with Crippen LogP contribution in [0.3, 0.4) is 0 Å². The Labute approximate surface area is 154 Å². The molecule has 2 aromatic heterocycles. The zero-order valence-electron chi connectivity index (χ0n) is 14.7. The molecule has 0 aliphatic rings. The number of pyridine rings is 1. The van der Waals surface area contributed by atoms with Crippen molar-refractivity contribution in [1.29, 1.82) is 0 Å². The minimum atomic E-state index is -0.350. The van der Waals surface area contributed by atoms with E-state index < -0.39 is 0 Å². The Morgan fingerprint density at radius 3 is 2.63 bits per heavy atom. The van der Waals surface area contributed by atoms with E-state index in [1.807, 2.05) is 36.4 Å². The van der Waals surface area contributed by atoms with E-state index in [2.05, 4.69) is 20.8 Å². The lowest BCUT2D eigenvalue weighted by Gasteiger charge is -2.11. The Bertz CT molecular complexity index is 1220. The van der Waals surface area contributed by atoms with Crippen LogP contribution in [0.1, 0.15) is 10.4 Å². The molecule has 1 amide bonds. The fourth-order valence-corrected chi connectivity index (χ4v) is 3.01. The molecular weight excluding hydrogens is 344 g/mol. The monoisotopic (exact) mass is 360 g/mol. The van der Waals surface area contributed by atoms with Gasteiger partial charge in [0.2, 0.25) is 0 Å². The summed E-state index contributed by atoms with van der Waals surface area (Å²) in [6, 6.07) is 15.9. The van der Waals surface area contributed by atoms with E-state index in [0.717, 1.165) is 5.56 Å². The zero-order chi connectivity index (χ0) is 19.0. The summed E-state index contributed by atoms with van der Waals surface area (Å²) in [5, 5.41) is 15.0. The molecule has 0 spiro atoms. The van der Waals surface area contributed by atoms with Gasteiger partial charge in [0.1, 0.15) is 0 Å². The molecule has 27 heavy (non-hydrogen) atoms. The van der Waals surface area contributed by atoms with Crippen molar-refractivity contribution in [2.24, 2.45) is 14.1 Å². The molecule has 0 unspecified atom stereocenters. The summed E-state index contributed by atoms with van der Waals surface area (Å²) in [6.45, 7) is 0. The largest absolute Gasteiger partial charge is 0.322 e. The molecule has 2 aromatic carbocycles. The van der Waals surface area contributed by atoms with Crippen molar-refractivity contribution in [2.75, 3.05) is 5.32 Å². The fourth-order valence-electron chi connectivity index (χ4n) is 3.01. The Kier molecular flexibility index (Phi) is 4.00. The van der Waals surface area contributed by atoms with Gasteiger partial charge in [0.15, 0.2) is 5.82 Å². The first-order chi connectivity index (χ1) is 13.0. The molecule has 0 bridgehead atoms. The maximum Gasteiger partial charge on any atom is 0.256 e. The van der Waals surface area contributed by atoms with E-state index in [0.29, 0.717) is 28.0 Å². The minimum absolute atomic E-state index is 0.238. The van der Waals surface area contributed by atoms with Gasteiger partial charge in [0, 0.05) is 36.8 Å². The summed E-state index contributed by atoms with van der Waals surface area (Å²) in [6.07, 6.45) is 0. The smallest absolute Gasteiger partial charge is 0.256 e. The number of hydrogen-bond donors (Lipinski definition) is 1. The molecule has 0 atom stereocenters. The van der Waals surface area contributed by atoms with Crippen molar-refractivity contribution in [3.05, 3.63) is 70.5 Å². The summed E-state index contributed by atoms with van der Waals surface area (Å²) in [4.78, 5) is 25.1. The number of tetrazole rings is 1. The predicted molar refractivity (Wildman–Crippen MR) is 101 cm³/mol. The molecule has 0 fully saturated rings. The number of carbonyl (C=O) groups is 1. The number of nitrogens with one attached hydrogen (secondary N) is 1. The van der Waals surface area contributed by atoms with Crippen molar-refractivity contribution >= 4 is 22.5 Å². The second-order valence-electron chi connectivity index (χ2n) is 6.13. The first-order valence-corrected chi connectivity index (χ1v) is 8.27. The summed E-state index contributed by atoms with van der Waals surface area (Å²) in [5.41, 5.74) is 2.16. The van der Waals surface area contributed by atoms with Gasteiger partial charge in [-0.2, -0.15) is 0 Å². The quantitative estimate of drug-likeness (QED) is 0.603. The molecule has 0 saturated heterocycles. The van der Waals surface area contributed by atoms with E-state index in [1.54, 1.807) is 30.9 Å². The highest BCUT2D eigenvalue weighted by Gasteiger charge is 2.14. The van der Waals surface area contributed by atoms with E-state index in [-0.39, 0.29) is 11.5 Å². The van der Waals surface area contributed by atoms with Crippen molar-refractivity contribution in [3.63, 3.8) is 0 Å². The third-order valence-corrected chi connectivity index (χ3v) is 4.40.